The highest BCUT2D eigenvalue weighted by Crippen LogP contribution is 2.25. The summed E-state index contributed by atoms with van der Waals surface area (Å²) in [4.78, 5) is 23.8. The number of hydrogen-bond donors (Lipinski definition) is 3. The lowest BCUT2D eigenvalue weighted by Gasteiger charge is -2.23. The van der Waals surface area contributed by atoms with E-state index in [9.17, 15) is 18.4 Å². The molecule has 1 rings (SSSR count). The average Bonchev–Trinajstić information content (AvgIpc) is 2.38. The van der Waals surface area contributed by atoms with Crippen molar-refractivity contribution in [1.29, 1.82) is 0 Å². The maximum atomic E-state index is 12.3. The van der Waals surface area contributed by atoms with Crippen LogP contribution in [0.25, 0.3) is 0 Å². The minimum Gasteiger partial charge on any atom is -0.433 e. The second-order valence-electron chi connectivity index (χ2n) is 5.93. The number of hydrogen-bond acceptors (Lipinski definition) is 3. The summed E-state index contributed by atoms with van der Waals surface area (Å²) in [6, 6.07) is 4.28. The maximum absolute atomic E-state index is 12.3. The highest BCUT2D eigenvalue weighted by atomic mass is 19.3. The first-order valence-corrected chi connectivity index (χ1v) is 7.02. The third-order valence-corrected chi connectivity index (χ3v) is 2.59. The number of halogens is 2. The number of anilines is 1. The molecule has 128 valence electrons. The summed E-state index contributed by atoms with van der Waals surface area (Å²) in [5.41, 5.74) is -0.352. The van der Waals surface area contributed by atoms with Crippen LogP contribution in [-0.4, -0.2) is 30.1 Å². The molecule has 0 spiro atoms. The van der Waals surface area contributed by atoms with Crippen LogP contribution in [0.5, 0.6) is 5.75 Å². The summed E-state index contributed by atoms with van der Waals surface area (Å²) in [5, 5.41) is 7.52. The van der Waals surface area contributed by atoms with Gasteiger partial charge in [-0.1, -0.05) is 12.1 Å². The van der Waals surface area contributed by atoms with Crippen LogP contribution in [0.3, 0.4) is 0 Å². The van der Waals surface area contributed by atoms with Gasteiger partial charge in [-0.2, -0.15) is 8.78 Å². The summed E-state index contributed by atoms with van der Waals surface area (Å²) in [5.74, 6) is -0.519. The summed E-state index contributed by atoms with van der Waals surface area (Å²) in [6.07, 6.45) is 0. The Morgan fingerprint density at radius 3 is 2.35 bits per heavy atom. The number of alkyl halides is 2. The fraction of sp³-hybridized carbons (Fsp3) is 0.467. The Balaban J connectivity index is 2.65. The number of nitrogens with one attached hydrogen (secondary N) is 3. The number of para-hydroxylation sites is 2. The maximum Gasteiger partial charge on any atom is 0.387 e. The first-order chi connectivity index (χ1) is 10.6. The first kappa shape index (κ1) is 18.7. The highest BCUT2D eigenvalue weighted by Gasteiger charge is 2.21. The van der Waals surface area contributed by atoms with Crippen LogP contribution in [0.1, 0.15) is 27.7 Å². The van der Waals surface area contributed by atoms with E-state index in [1.807, 2.05) is 20.8 Å². The van der Waals surface area contributed by atoms with E-state index in [1.54, 1.807) is 6.07 Å². The lowest BCUT2D eigenvalue weighted by atomic mass is 10.1. The molecule has 0 fully saturated rings. The molecule has 1 aromatic carbocycles. The largest absolute Gasteiger partial charge is 0.433 e. The van der Waals surface area contributed by atoms with E-state index < -0.39 is 24.2 Å². The van der Waals surface area contributed by atoms with E-state index in [0.717, 1.165) is 0 Å². The Labute approximate surface area is 133 Å². The molecule has 0 aliphatic heterocycles. The van der Waals surface area contributed by atoms with Crippen molar-refractivity contribution in [3.8, 4) is 5.75 Å². The second-order valence-corrected chi connectivity index (χ2v) is 5.93. The zero-order chi connectivity index (χ0) is 17.6. The van der Waals surface area contributed by atoms with Crippen molar-refractivity contribution in [1.82, 2.24) is 10.6 Å². The van der Waals surface area contributed by atoms with Gasteiger partial charge >= 0.3 is 12.6 Å². The van der Waals surface area contributed by atoms with Crippen molar-refractivity contribution in [2.75, 3.05) is 5.32 Å². The molecular weight excluding hydrogens is 308 g/mol. The van der Waals surface area contributed by atoms with E-state index in [1.165, 1.54) is 25.1 Å². The Morgan fingerprint density at radius 1 is 1.17 bits per heavy atom. The third kappa shape index (κ3) is 6.94. The van der Waals surface area contributed by atoms with Crippen LogP contribution in [0, 0.1) is 0 Å². The number of amides is 3. The second kappa shape index (κ2) is 7.75. The van der Waals surface area contributed by atoms with Crippen molar-refractivity contribution >= 4 is 17.6 Å². The standard InChI is InChI=1S/C15H21F2N3O3/c1-9(12(21)20-15(2,3)4)18-14(22)19-10-7-5-6-8-11(10)23-13(16)17/h5-9,13H,1-4H3,(H,20,21)(H2,18,19,22)/t9-/m1/s1. The molecule has 0 aliphatic carbocycles. The summed E-state index contributed by atoms with van der Waals surface area (Å²) < 4.78 is 28.9. The molecule has 6 nitrogen and oxygen atoms in total. The molecule has 3 N–H and O–H groups in total. The molecule has 23 heavy (non-hydrogen) atoms. The fourth-order valence-corrected chi connectivity index (χ4v) is 1.67. The molecule has 8 heteroatoms. The summed E-state index contributed by atoms with van der Waals surface area (Å²) in [6.45, 7) is 3.96. The number of ether oxygens (including phenoxy) is 1. The Kier molecular flexibility index (Phi) is 6.29. The summed E-state index contributed by atoms with van der Waals surface area (Å²) >= 11 is 0. The van der Waals surface area contributed by atoms with Gasteiger partial charge in [-0.15, -0.1) is 0 Å². The normalized spacial score (nSPS) is 12.5. The van der Waals surface area contributed by atoms with Gasteiger partial charge in [0.05, 0.1) is 5.69 Å². The van der Waals surface area contributed by atoms with Crippen LogP contribution < -0.4 is 20.7 Å². The molecule has 0 heterocycles. The first-order valence-electron chi connectivity index (χ1n) is 7.02. The van der Waals surface area contributed by atoms with E-state index in [0.29, 0.717) is 0 Å². The van der Waals surface area contributed by atoms with Gasteiger partial charge in [0.2, 0.25) is 5.91 Å². The van der Waals surface area contributed by atoms with Gasteiger partial charge in [0.1, 0.15) is 11.8 Å². The lowest BCUT2D eigenvalue weighted by Crippen LogP contribution is -2.51. The van der Waals surface area contributed by atoms with Crippen molar-refractivity contribution < 1.29 is 23.1 Å². The molecule has 0 saturated carbocycles. The van der Waals surface area contributed by atoms with Crippen LogP contribution >= 0.6 is 0 Å². The van der Waals surface area contributed by atoms with Crippen LogP contribution in [-0.2, 0) is 4.79 Å². The molecular formula is C15H21F2N3O3. The Morgan fingerprint density at radius 2 is 1.78 bits per heavy atom. The Hall–Kier alpha value is -2.38. The molecule has 0 unspecified atom stereocenters. The zero-order valence-electron chi connectivity index (χ0n) is 13.4. The number of carbonyl (C=O) groups is 2. The van der Waals surface area contributed by atoms with E-state index in [2.05, 4.69) is 20.7 Å². The van der Waals surface area contributed by atoms with Gasteiger partial charge < -0.3 is 20.7 Å². The molecule has 1 aromatic rings. The quantitative estimate of drug-likeness (QED) is 0.777. The number of urea groups is 1. The molecule has 1 atom stereocenters. The smallest absolute Gasteiger partial charge is 0.387 e. The SMILES string of the molecule is C[C@@H](NC(=O)Nc1ccccc1OC(F)F)C(=O)NC(C)(C)C. The van der Waals surface area contributed by atoms with Crippen LogP contribution in [0.2, 0.25) is 0 Å². The molecule has 0 aromatic heterocycles. The number of rotatable bonds is 5. The lowest BCUT2D eigenvalue weighted by molar-refractivity contribution is -0.123. The predicted octanol–water partition coefficient (Wildman–Crippen LogP) is 2.71. The van der Waals surface area contributed by atoms with E-state index in [4.69, 9.17) is 0 Å². The molecule has 0 saturated heterocycles. The molecule has 0 aliphatic rings. The number of carbonyl (C=O) groups excluding carboxylic acids is 2. The van der Waals surface area contributed by atoms with E-state index in [-0.39, 0.29) is 17.3 Å². The van der Waals surface area contributed by atoms with Crippen LogP contribution in [0.15, 0.2) is 24.3 Å². The third-order valence-electron chi connectivity index (χ3n) is 2.59. The zero-order valence-corrected chi connectivity index (χ0v) is 13.4. The highest BCUT2D eigenvalue weighted by molar-refractivity contribution is 5.94. The Bertz CT molecular complexity index is 559. The predicted molar refractivity (Wildman–Crippen MR) is 82.6 cm³/mol. The molecule has 0 radical (unpaired) electrons. The van der Waals surface area contributed by atoms with Crippen molar-refractivity contribution in [2.45, 2.75) is 45.9 Å². The van der Waals surface area contributed by atoms with Gasteiger partial charge in [-0.25, -0.2) is 4.79 Å². The van der Waals surface area contributed by atoms with Crippen molar-refractivity contribution in [2.24, 2.45) is 0 Å². The van der Waals surface area contributed by atoms with E-state index >= 15 is 0 Å². The van der Waals surface area contributed by atoms with Gasteiger partial charge in [0.25, 0.3) is 0 Å². The monoisotopic (exact) mass is 329 g/mol. The molecule has 0 bridgehead atoms. The minimum absolute atomic E-state index is 0.0775. The van der Waals surface area contributed by atoms with Gasteiger partial charge in [-0.3, -0.25) is 4.79 Å². The van der Waals surface area contributed by atoms with Gasteiger partial charge in [-0.05, 0) is 39.8 Å². The average molecular weight is 329 g/mol. The topological polar surface area (TPSA) is 79.5 Å². The van der Waals surface area contributed by atoms with Crippen LogP contribution in [0.4, 0.5) is 19.3 Å². The van der Waals surface area contributed by atoms with Gasteiger partial charge in [0.15, 0.2) is 0 Å². The van der Waals surface area contributed by atoms with Crippen molar-refractivity contribution in [3.05, 3.63) is 24.3 Å². The number of benzene rings is 1. The van der Waals surface area contributed by atoms with Gasteiger partial charge in [0, 0.05) is 5.54 Å². The minimum atomic E-state index is -3.00. The summed E-state index contributed by atoms with van der Waals surface area (Å²) in [7, 11) is 0. The molecule has 3 amide bonds. The fourth-order valence-electron chi connectivity index (χ4n) is 1.67. The van der Waals surface area contributed by atoms with Crippen molar-refractivity contribution in [3.63, 3.8) is 0 Å².